The zero-order valence-electron chi connectivity index (χ0n) is 8.62. The fourth-order valence-corrected chi connectivity index (χ4v) is 1.49. The Morgan fingerprint density at radius 3 is 2.54 bits per heavy atom. The predicted molar refractivity (Wildman–Crippen MR) is 53.3 cm³/mol. The molecule has 0 spiro atoms. The van der Waals surface area contributed by atoms with Crippen molar-refractivity contribution in [3.63, 3.8) is 0 Å². The van der Waals surface area contributed by atoms with Crippen molar-refractivity contribution >= 4 is 5.91 Å². The number of amides is 1. The van der Waals surface area contributed by atoms with Crippen molar-refractivity contribution in [2.24, 2.45) is 5.73 Å². The lowest BCUT2D eigenvalue weighted by Crippen LogP contribution is -2.44. The van der Waals surface area contributed by atoms with Crippen LogP contribution in [0, 0.1) is 0 Å². The average Bonchev–Trinajstić information content (AvgIpc) is 2.95. The number of hydrogen-bond acceptors (Lipinski definition) is 2. The second kappa shape index (κ2) is 4.61. The van der Waals surface area contributed by atoms with Crippen molar-refractivity contribution in [3.8, 4) is 0 Å². The normalized spacial score (nSPS) is 18.4. The van der Waals surface area contributed by atoms with Crippen LogP contribution in [0.5, 0.6) is 0 Å². The fourth-order valence-electron chi connectivity index (χ4n) is 1.49. The van der Waals surface area contributed by atoms with E-state index >= 15 is 0 Å². The first kappa shape index (κ1) is 10.5. The van der Waals surface area contributed by atoms with Crippen LogP contribution in [0.25, 0.3) is 0 Å². The Balaban J connectivity index is 2.47. The van der Waals surface area contributed by atoms with Crippen LogP contribution in [0.4, 0.5) is 0 Å². The van der Waals surface area contributed by atoms with Crippen LogP contribution in [0.15, 0.2) is 0 Å². The predicted octanol–water partition coefficient (Wildman–Crippen LogP) is 1.12. The molecule has 3 heteroatoms. The van der Waals surface area contributed by atoms with Gasteiger partial charge < -0.3 is 10.6 Å². The third kappa shape index (κ3) is 2.69. The molecule has 0 aromatic rings. The summed E-state index contributed by atoms with van der Waals surface area (Å²) in [6.45, 7) is 4.93. The first-order valence-corrected chi connectivity index (χ1v) is 5.26. The van der Waals surface area contributed by atoms with E-state index in [9.17, 15) is 4.79 Å². The number of nitrogens with zero attached hydrogens (tertiary/aromatic N) is 1. The van der Waals surface area contributed by atoms with Crippen LogP contribution in [-0.4, -0.2) is 29.4 Å². The van der Waals surface area contributed by atoms with Gasteiger partial charge in [0.1, 0.15) is 0 Å². The van der Waals surface area contributed by atoms with E-state index in [-0.39, 0.29) is 11.9 Å². The molecule has 0 saturated heterocycles. The van der Waals surface area contributed by atoms with Gasteiger partial charge in [0.25, 0.3) is 0 Å². The first-order valence-electron chi connectivity index (χ1n) is 5.26. The summed E-state index contributed by atoms with van der Waals surface area (Å²) in [5.74, 6) is 0.145. The van der Waals surface area contributed by atoms with Gasteiger partial charge in [0.15, 0.2) is 0 Å². The lowest BCUT2D eigenvalue weighted by Gasteiger charge is -2.24. The minimum absolute atomic E-state index is 0.145. The summed E-state index contributed by atoms with van der Waals surface area (Å²) in [5, 5.41) is 0. The third-order valence-corrected chi connectivity index (χ3v) is 2.49. The Labute approximate surface area is 80.3 Å². The lowest BCUT2D eigenvalue weighted by molar-refractivity contribution is -0.133. The summed E-state index contributed by atoms with van der Waals surface area (Å²) >= 11 is 0. The third-order valence-electron chi connectivity index (χ3n) is 2.49. The topological polar surface area (TPSA) is 46.3 Å². The van der Waals surface area contributed by atoms with Gasteiger partial charge in [-0.2, -0.15) is 0 Å². The number of carbonyl (C=O) groups is 1. The summed E-state index contributed by atoms with van der Waals surface area (Å²) in [5.41, 5.74) is 5.72. The van der Waals surface area contributed by atoms with Gasteiger partial charge in [-0.15, -0.1) is 0 Å². The molecule has 0 aromatic heterocycles. The van der Waals surface area contributed by atoms with E-state index in [1.165, 1.54) is 12.8 Å². The summed E-state index contributed by atoms with van der Waals surface area (Å²) < 4.78 is 0. The first-order chi connectivity index (χ1) is 6.20. The fraction of sp³-hybridized carbons (Fsp3) is 0.900. The highest BCUT2D eigenvalue weighted by Gasteiger charge is 2.33. The Hall–Kier alpha value is -0.570. The monoisotopic (exact) mass is 184 g/mol. The standard InChI is InChI=1S/C10H20N2O/c1-3-7-12(8-5-6-8)10(13)9(11)4-2/h8-9H,3-7,11H2,1-2H3/t9-/m0/s1. The highest BCUT2D eigenvalue weighted by molar-refractivity contribution is 5.82. The Morgan fingerprint density at radius 2 is 2.15 bits per heavy atom. The summed E-state index contributed by atoms with van der Waals surface area (Å²) in [6.07, 6.45) is 4.11. The molecule has 76 valence electrons. The molecule has 0 unspecified atom stereocenters. The number of hydrogen-bond donors (Lipinski definition) is 1. The molecular weight excluding hydrogens is 164 g/mol. The minimum atomic E-state index is -0.285. The van der Waals surface area contributed by atoms with Gasteiger partial charge in [0, 0.05) is 12.6 Å². The van der Waals surface area contributed by atoms with Gasteiger partial charge in [-0.3, -0.25) is 4.79 Å². The van der Waals surface area contributed by atoms with Crippen LogP contribution < -0.4 is 5.73 Å². The summed E-state index contributed by atoms with van der Waals surface area (Å²) in [7, 11) is 0. The molecule has 0 radical (unpaired) electrons. The maximum Gasteiger partial charge on any atom is 0.239 e. The molecule has 3 nitrogen and oxygen atoms in total. The second-order valence-corrected chi connectivity index (χ2v) is 3.78. The molecule has 13 heavy (non-hydrogen) atoms. The van der Waals surface area contributed by atoms with E-state index in [2.05, 4.69) is 6.92 Å². The molecule has 1 aliphatic rings. The quantitative estimate of drug-likeness (QED) is 0.696. The molecule has 2 N–H and O–H groups in total. The SMILES string of the molecule is CCCN(C(=O)[C@@H](N)CC)C1CC1. The van der Waals surface area contributed by atoms with Gasteiger partial charge in [-0.1, -0.05) is 13.8 Å². The molecule has 1 fully saturated rings. The van der Waals surface area contributed by atoms with Crippen LogP contribution in [0.3, 0.4) is 0 Å². The zero-order valence-corrected chi connectivity index (χ0v) is 8.62. The lowest BCUT2D eigenvalue weighted by atomic mass is 10.2. The van der Waals surface area contributed by atoms with E-state index in [1.807, 2.05) is 11.8 Å². The van der Waals surface area contributed by atoms with Gasteiger partial charge in [-0.25, -0.2) is 0 Å². The summed E-state index contributed by atoms with van der Waals surface area (Å²) in [6, 6.07) is 0.220. The van der Waals surface area contributed by atoms with E-state index in [0.717, 1.165) is 19.4 Å². The maximum absolute atomic E-state index is 11.7. The van der Waals surface area contributed by atoms with Crippen molar-refractivity contribution in [1.29, 1.82) is 0 Å². The van der Waals surface area contributed by atoms with E-state index in [4.69, 9.17) is 5.73 Å². The van der Waals surface area contributed by atoms with Crippen LogP contribution in [0.1, 0.15) is 39.5 Å². The second-order valence-electron chi connectivity index (χ2n) is 3.78. The van der Waals surface area contributed by atoms with Crippen molar-refractivity contribution in [2.75, 3.05) is 6.54 Å². The largest absolute Gasteiger partial charge is 0.338 e. The minimum Gasteiger partial charge on any atom is -0.338 e. The molecule has 1 rings (SSSR count). The van der Waals surface area contributed by atoms with Gasteiger partial charge in [-0.05, 0) is 25.7 Å². The zero-order chi connectivity index (χ0) is 9.84. The van der Waals surface area contributed by atoms with Gasteiger partial charge in [0.2, 0.25) is 5.91 Å². The maximum atomic E-state index is 11.7. The molecule has 1 saturated carbocycles. The van der Waals surface area contributed by atoms with Gasteiger partial charge in [0.05, 0.1) is 6.04 Å². The van der Waals surface area contributed by atoms with Gasteiger partial charge >= 0.3 is 0 Å². The Bertz CT molecular complexity index is 178. The van der Waals surface area contributed by atoms with E-state index in [1.54, 1.807) is 0 Å². The van der Waals surface area contributed by atoms with Crippen molar-refractivity contribution in [3.05, 3.63) is 0 Å². The van der Waals surface area contributed by atoms with E-state index in [0.29, 0.717) is 6.04 Å². The number of rotatable bonds is 5. The number of nitrogens with two attached hydrogens (primary N) is 1. The number of carbonyl (C=O) groups excluding carboxylic acids is 1. The molecule has 1 aliphatic carbocycles. The highest BCUT2D eigenvalue weighted by Crippen LogP contribution is 2.27. The molecule has 0 heterocycles. The smallest absolute Gasteiger partial charge is 0.239 e. The Morgan fingerprint density at radius 1 is 1.54 bits per heavy atom. The van der Waals surface area contributed by atoms with Crippen LogP contribution in [-0.2, 0) is 4.79 Å². The molecule has 0 aromatic carbocycles. The summed E-state index contributed by atoms with van der Waals surface area (Å²) in [4.78, 5) is 13.7. The Kier molecular flexibility index (Phi) is 3.72. The molecule has 1 atom stereocenters. The molecular formula is C10H20N2O. The van der Waals surface area contributed by atoms with Crippen molar-refractivity contribution in [2.45, 2.75) is 51.6 Å². The molecule has 0 aliphatic heterocycles. The van der Waals surface area contributed by atoms with Crippen LogP contribution >= 0.6 is 0 Å². The average molecular weight is 184 g/mol. The van der Waals surface area contributed by atoms with Crippen molar-refractivity contribution < 1.29 is 4.79 Å². The van der Waals surface area contributed by atoms with Crippen molar-refractivity contribution in [1.82, 2.24) is 4.90 Å². The van der Waals surface area contributed by atoms with Crippen LogP contribution in [0.2, 0.25) is 0 Å². The molecule has 0 bridgehead atoms. The van der Waals surface area contributed by atoms with E-state index < -0.39 is 0 Å². The highest BCUT2D eigenvalue weighted by atomic mass is 16.2. The molecule has 1 amide bonds.